The van der Waals surface area contributed by atoms with Crippen LogP contribution in [0.2, 0.25) is 0 Å². The molecule has 1 aromatic heterocycles. The van der Waals surface area contributed by atoms with Crippen molar-refractivity contribution < 1.29 is 19.3 Å². The van der Waals surface area contributed by atoms with Gasteiger partial charge >= 0.3 is 0 Å². The number of aliphatic hydroxyl groups excluding tert-OH is 1. The Morgan fingerprint density at radius 1 is 0.840 bits per heavy atom. The Morgan fingerprint density at radius 3 is 2.04 bits per heavy atom. The molecule has 4 nitrogen and oxygen atoms in total. The van der Waals surface area contributed by atoms with E-state index in [1.54, 1.807) is 44.8 Å². The van der Waals surface area contributed by atoms with E-state index < -0.39 is 6.10 Å². The Hall–Kier alpha value is -2.50. The highest BCUT2D eigenvalue weighted by atomic mass is 32.1. The maximum Gasteiger partial charge on any atom is 0.203 e. The van der Waals surface area contributed by atoms with Crippen molar-refractivity contribution in [2.24, 2.45) is 0 Å². The minimum Gasteiger partial charge on any atom is -0.493 e. The average Bonchev–Trinajstić information content (AvgIpc) is 3.17. The summed E-state index contributed by atoms with van der Waals surface area (Å²) in [6.45, 7) is 0. The van der Waals surface area contributed by atoms with Crippen molar-refractivity contribution in [1.29, 1.82) is 0 Å². The summed E-state index contributed by atoms with van der Waals surface area (Å²) in [4.78, 5) is 1.11. The summed E-state index contributed by atoms with van der Waals surface area (Å²) in [5.74, 6) is 1.56. The van der Waals surface area contributed by atoms with Crippen molar-refractivity contribution in [3.05, 3.63) is 65.0 Å². The highest BCUT2D eigenvalue weighted by Gasteiger charge is 2.19. The monoisotopic (exact) mass is 356 g/mol. The van der Waals surface area contributed by atoms with Gasteiger partial charge < -0.3 is 19.3 Å². The van der Waals surface area contributed by atoms with Gasteiger partial charge in [-0.05, 0) is 40.3 Å². The van der Waals surface area contributed by atoms with E-state index in [1.807, 2.05) is 29.6 Å². The van der Waals surface area contributed by atoms with Gasteiger partial charge in [-0.25, -0.2) is 0 Å². The molecule has 1 N–H and O–H groups in total. The Morgan fingerprint density at radius 2 is 1.48 bits per heavy atom. The van der Waals surface area contributed by atoms with E-state index >= 15 is 0 Å². The molecule has 0 aliphatic heterocycles. The number of aliphatic hydroxyl groups is 1. The van der Waals surface area contributed by atoms with Gasteiger partial charge in [0.1, 0.15) is 6.10 Å². The van der Waals surface area contributed by atoms with Gasteiger partial charge in [-0.1, -0.05) is 30.3 Å². The molecule has 3 aromatic rings. The fraction of sp³-hybridized carbons (Fsp3) is 0.200. The SMILES string of the molecule is COc1cc(C(O)c2csc(-c3ccccc3)c2)cc(OC)c1OC. The fourth-order valence-electron chi connectivity index (χ4n) is 2.70. The predicted octanol–water partition coefficient (Wildman–Crippen LogP) is 4.52. The molecule has 3 rings (SSSR count). The summed E-state index contributed by atoms with van der Waals surface area (Å²) < 4.78 is 16.1. The fourth-order valence-corrected chi connectivity index (χ4v) is 3.64. The number of ether oxygens (including phenoxy) is 3. The van der Waals surface area contributed by atoms with Crippen LogP contribution in [-0.4, -0.2) is 26.4 Å². The van der Waals surface area contributed by atoms with Crippen LogP contribution in [-0.2, 0) is 0 Å². The van der Waals surface area contributed by atoms with E-state index in [4.69, 9.17) is 14.2 Å². The van der Waals surface area contributed by atoms with Crippen LogP contribution in [0.5, 0.6) is 17.2 Å². The van der Waals surface area contributed by atoms with Crippen LogP contribution in [0.1, 0.15) is 17.2 Å². The predicted molar refractivity (Wildman–Crippen MR) is 99.9 cm³/mol. The number of methoxy groups -OCH3 is 3. The first-order chi connectivity index (χ1) is 12.2. The van der Waals surface area contributed by atoms with E-state index in [9.17, 15) is 5.11 Å². The van der Waals surface area contributed by atoms with Crippen LogP contribution in [0, 0.1) is 0 Å². The van der Waals surface area contributed by atoms with Crippen molar-refractivity contribution in [3.63, 3.8) is 0 Å². The minimum atomic E-state index is -0.776. The van der Waals surface area contributed by atoms with Crippen LogP contribution in [0.3, 0.4) is 0 Å². The molecule has 1 unspecified atom stereocenters. The topological polar surface area (TPSA) is 47.9 Å². The molecule has 0 aliphatic carbocycles. The van der Waals surface area contributed by atoms with Crippen LogP contribution < -0.4 is 14.2 Å². The molecule has 0 fully saturated rings. The summed E-state index contributed by atoms with van der Waals surface area (Å²) in [5.41, 5.74) is 2.65. The van der Waals surface area contributed by atoms with Crippen molar-refractivity contribution in [2.75, 3.05) is 21.3 Å². The van der Waals surface area contributed by atoms with E-state index in [-0.39, 0.29) is 0 Å². The van der Waals surface area contributed by atoms with Gasteiger partial charge in [0.2, 0.25) is 5.75 Å². The molecule has 25 heavy (non-hydrogen) atoms. The van der Waals surface area contributed by atoms with Crippen molar-refractivity contribution >= 4 is 11.3 Å². The Balaban J connectivity index is 1.96. The second-order valence-corrected chi connectivity index (χ2v) is 6.38. The van der Waals surface area contributed by atoms with E-state index in [0.29, 0.717) is 22.8 Å². The third-order valence-corrected chi connectivity index (χ3v) is 4.99. The third kappa shape index (κ3) is 3.48. The number of hydrogen-bond acceptors (Lipinski definition) is 5. The summed E-state index contributed by atoms with van der Waals surface area (Å²) in [6.07, 6.45) is -0.776. The largest absolute Gasteiger partial charge is 0.493 e. The van der Waals surface area contributed by atoms with Crippen molar-refractivity contribution in [1.82, 2.24) is 0 Å². The van der Waals surface area contributed by atoms with Gasteiger partial charge in [0.25, 0.3) is 0 Å². The first-order valence-electron chi connectivity index (χ1n) is 7.79. The highest BCUT2D eigenvalue weighted by Crippen LogP contribution is 2.41. The standard InChI is InChI=1S/C20H20O4S/c1-22-16-9-14(10-17(23-2)20(16)24-3)19(21)15-11-18(25-12-15)13-7-5-4-6-8-13/h4-12,19,21H,1-3H3. The number of benzene rings is 2. The van der Waals surface area contributed by atoms with Crippen LogP contribution in [0.25, 0.3) is 10.4 Å². The zero-order chi connectivity index (χ0) is 17.8. The molecule has 2 aromatic carbocycles. The average molecular weight is 356 g/mol. The highest BCUT2D eigenvalue weighted by molar-refractivity contribution is 7.13. The van der Waals surface area contributed by atoms with Crippen molar-refractivity contribution in [2.45, 2.75) is 6.10 Å². The van der Waals surface area contributed by atoms with Gasteiger partial charge in [-0.15, -0.1) is 11.3 Å². The molecule has 1 atom stereocenters. The molecule has 0 aliphatic rings. The summed E-state index contributed by atoms with van der Waals surface area (Å²) in [6, 6.07) is 15.7. The zero-order valence-corrected chi connectivity index (χ0v) is 15.2. The van der Waals surface area contributed by atoms with E-state index in [0.717, 1.165) is 16.0 Å². The molecule has 0 amide bonds. The lowest BCUT2D eigenvalue weighted by Crippen LogP contribution is -2.02. The Bertz CT molecular complexity index is 817. The second kappa shape index (κ2) is 7.59. The Labute approximate surface area is 151 Å². The van der Waals surface area contributed by atoms with Crippen LogP contribution in [0.15, 0.2) is 53.9 Å². The molecule has 0 radical (unpaired) electrons. The number of hydrogen-bond donors (Lipinski definition) is 1. The lowest BCUT2D eigenvalue weighted by molar-refractivity contribution is 0.219. The summed E-state index contributed by atoms with van der Waals surface area (Å²) >= 11 is 1.61. The van der Waals surface area contributed by atoms with E-state index in [1.165, 1.54) is 0 Å². The third-order valence-electron chi connectivity index (χ3n) is 4.00. The normalized spacial score (nSPS) is 11.8. The van der Waals surface area contributed by atoms with Crippen molar-refractivity contribution in [3.8, 4) is 27.7 Å². The molecule has 130 valence electrons. The second-order valence-electron chi connectivity index (χ2n) is 5.47. The van der Waals surface area contributed by atoms with Crippen LogP contribution >= 0.6 is 11.3 Å². The smallest absolute Gasteiger partial charge is 0.203 e. The van der Waals surface area contributed by atoms with Gasteiger partial charge in [0.15, 0.2) is 11.5 Å². The zero-order valence-electron chi connectivity index (χ0n) is 14.4. The van der Waals surface area contributed by atoms with Gasteiger partial charge in [-0.3, -0.25) is 0 Å². The molecule has 1 heterocycles. The summed E-state index contributed by atoms with van der Waals surface area (Å²) in [7, 11) is 4.68. The maximum absolute atomic E-state index is 10.8. The van der Waals surface area contributed by atoms with Crippen LogP contribution in [0.4, 0.5) is 0 Å². The molecular formula is C20H20O4S. The molecule has 0 saturated carbocycles. The first-order valence-corrected chi connectivity index (χ1v) is 8.67. The minimum absolute atomic E-state index is 0.510. The quantitative estimate of drug-likeness (QED) is 0.705. The van der Waals surface area contributed by atoms with E-state index in [2.05, 4.69) is 12.1 Å². The lowest BCUT2D eigenvalue weighted by Gasteiger charge is -2.16. The van der Waals surface area contributed by atoms with Gasteiger partial charge in [-0.2, -0.15) is 0 Å². The lowest BCUT2D eigenvalue weighted by atomic mass is 10.0. The molecule has 5 heteroatoms. The van der Waals surface area contributed by atoms with Gasteiger partial charge in [0.05, 0.1) is 21.3 Å². The molecule has 0 saturated heterocycles. The maximum atomic E-state index is 10.8. The number of thiophene rings is 1. The first kappa shape index (κ1) is 17.3. The summed E-state index contributed by atoms with van der Waals surface area (Å²) in [5, 5.41) is 12.8. The molecule has 0 bridgehead atoms. The molecular weight excluding hydrogens is 336 g/mol. The number of rotatable bonds is 6. The Kier molecular flexibility index (Phi) is 5.26. The molecule has 0 spiro atoms. The van der Waals surface area contributed by atoms with Gasteiger partial charge in [0, 0.05) is 4.88 Å².